The van der Waals surface area contributed by atoms with Crippen LogP contribution < -0.4 is 5.73 Å². The Balaban J connectivity index is 2.22. The van der Waals surface area contributed by atoms with Gasteiger partial charge in [-0.1, -0.05) is 51.1 Å². The van der Waals surface area contributed by atoms with Gasteiger partial charge in [0.15, 0.2) is 0 Å². The molecule has 0 aliphatic rings. The lowest BCUT2D eigenvalue weighted by atomic mass is 9.82. The van der Waals surface area contributed by atoms with E-state index in [4.69, 9.17) is 5.73 Å². The van der Waals surface area contributed by atoms with E-state index in [-0.39, 0.29) is 5.56 Å². The fourth-order valence-corrected chi connectivity index (χ4v) is 4.48. The molecule has 1 aromatic heterocycles. The van der Waals surface area contributed by atoms with Crippen molar-refractivity contribution in [2.45, 2.75) is 52.8 Å². The highest BCUT2D eigenvalue weighted by Gasteiger charge is 2.38. The number of hydrogen-bond donors (Lipinski definition) is 2. The molecule has 0 bridgehead atoms. The SMILES string of the molecule is C[C@H](O)C(=O)N(CCCN)[C@@H](c1cc(-c2cc(F)ccc2F)cn1Cc1ccccc1)C(C)(C)C. The minimum absolute atomic E-state index is 0.154. The highest BCUT2D eigenvalue weighted by atomic mass is 19.1. The van der Waals surface area contributed by atoms with E-state index in [1.165, 1.54) is 13.0 Å². The first-order valence-corrected chi connectivity index (χ1v) is 11.9. The number of rotatable bonds is 9. The van der Waals surface area contributed by atoms with Gasteiger partial charge in [0.25, 0.3) is 5.91 Å². The summed E-state index contributed by atoms with van der Waals surface area (Å²) in [4.78, 5) is 14.8. The lowest BCUT2D eigenvalue weighted by molar-refractivity contribution is -0.144. The van der Waals surface area contributed by atoms with Crippen molar-refractivity contribution in [3.8, 4) is 11.1 Å². The average Bonchev–Trinajstić information content (AvgIpc) is 3.19. The van der Waals surface area contributed by atoms with Gasteiger partial charge in [-0.15, -0.1) is 0 Å². The summed E-state index contributed by atoms with van der Waals surface area (Å²) in [6.45, 7) is 8.75. The summed E-state index contributed by atoms with van der Waals surface area (Å²) in [6, 6.07) is 14.6. The Kier molecular flexibility index (Phi) is 8.46. The van der Waals surface area contributed by atoms with Gasteiger partial charge >= 0.3 is 0 Å². The molecule has 1 heterocycles. The zero-order valence-corrected chi connectivity index (χ0v) is 20.8. The topological polar surface area (TPSA) is 71.5 Å². The summed E-state index contributed by atoms with van der Waals surface area (Å²) in [6.07, 6.45) is 1.18. The Morgan fingerprint density at radius 1 is 1.11 bits per heavy atom. The molecule has 0 aliphatic heterocycles. The molecule has 1 amide bonds. The number of aliphatic hydroxyl groups is 1. The maximum absolute atomic E-state index is 14.7. The van der Waals surface area contributed by atoms with E-state index in [0.29, 0.717) is 31.6 Å². The van der Waals surface area contributed by atoms with Crippen LogP contribution in [0.15, 0.2) is 60.8 Å². The second-order valence-electron chi connectivity index (χ2n) is 10.0. The van der Waals surface area contributed by atoms with Gasteiger partial charge in [-0.25, -0.2) is 8.78 Å². The van der Waals surface area contributed by atoms with Crippen LogP contribution in [0.4, 0.5) is 8.78 Å². The van der Waals surface area contributed by atoms with Crippen LogP contribution in [0, 0.1) is 17.0 Å². The van der Waals surface area contributed by atoms with Gasteiger partial charge in [-0.3, -0.25) is 4.79 Å². The third-order valence-electron chi connectivity index (χ3n) is 6.02. The second kappa shape index (κ2) is 11.1. The summed E-state index contributed by atoms with van der Waals surface area (Å²) in [5.41, 5.74) is 7.79. The van der Waals surface area contributed by atoms with Crippen molar-refractivity contribution in [2.75, 3.05) is 13.1 Å². The molecule has 3 rings (SSSR count). The first-order chi connectivity index (χ1) is 16.5. The lowest BCUT2D eigenvalue weighted by Gasteiger charge is -2.41. The molecule has 2 aromatic carbocycles. The Hall–Kier alpha value is -3.03. The van der Waals surface area contributed by atoms with Gasteiger partial charge in [0, 0.05) is 36.1 Å². The molecule has 0 saturated heterocycles. The molecule has 0 saturated carbocycles. The first-order valence-electron chi connectivity index (χ1n) is 11.9. The maximum atomic E-state index is 14.7. The Morgan fingerprint density at radius 2 is 1.80 bits per heavy atom. The van der Waals surface area contributed by atoms with Crippen molar-refractivity contribution in [2.24, 2.45) is 11.1 Å². The second-order valence-corrected chi connectivity index (χ2v) is 10.0. The van der Waals surface area contributed by atoms with Crippen LogP contribution >= 0.6 is 0 Å². The largest absolute Gasteiger partial charge is 0.384 e. The number of halogens is 2. The van der Waals surface area contributed by atoms with E-state index >= 15 is 0 Å². The van der Waals surface area contributed by atoms with Crippen molar-refractivity contribution < 1.29 is 18.7 Å². The minimum atomic E-state index is -1.18. The van der Waals surface area contributed by atoms with Gasteiger partial charge in [0.1, 0.15) is 17.7 Å². The molecule has 7 heteroatoms. The van der Waals surface area contributed by atoms with E-state index < -0.39 is 35.1 Å². The zero-order chi connectivity index (χ0) is 25.8. The minimum Gasteiger partial charge on any atom is -0.384 e. The van der Waals surface area contributed by atoms with E-state index in [1.807, 2.05) is 61.7 Å². The zero-order valence-electron chi connectivity index (χ0n) is 20.8. The van der Waals surface area contributed by atoms with Gasteiger partial charge in [-0.05, 0) is 55.1 Å². The normalized spacial score (nSPS) is 13.5. The molecule has 0 radical (unpaired) electrons. The van der Waals surface area contributed by atoms with Crippen molar-refractivity contribution in [3.63, 3.8) is 0 Å². The van der Waals surface area contributed by atoms with E-state index in [0.717, 1.165) is 23.4 Å². The predicted octanol–water partition coefficient (Wildman–Crippen LogP) is 5.13. The number of nitrogens with zero attached hydrogens (tertiary/aromatic N) is 2. The fourth-order valence-electron chi connectivity index (χ4n) is 4.48. The molecular formula is C28H35F2N3O2. The number of carbonyl (C=O) groups is 1. The molecule has 3 N–H and O–H groups in total. The van der Waals surface area contributed by atoms with Crippen LogP contribution in [0.25, 0.3) is 11.1 Å². The predicted molar refractivity (Wildman–Crippen MR) is 135 cm³/mol. The molecule has 0 spiro atoms. The quantitative estimate of drug-likeness (QED) is 0.443. The van der Waals surface area contributed by atoms with Gasteiger partial charge in [0.05, 0.1) is 6.04 Å². The van der Waals surface area contributed by atoms with Crippen molar-refractivity contribution in [1.29, 1.82) is 0 Å². The summed E-state index contributed by atoms with van der Waals surface area (Å²) >= 11 is 0. The Labute approximate surface area is 206 Å². The highest BCUT2D eigenvalue weighted by molar-refractivity contribution is 5.81. The molecule has 3 aromatic rings. The number of hydrogen-bond acceptors (Lipinski definition) is 3. The van der Waals surface area contributed by atoms with Crippen LogP contribution in [-0.2, 0) is 11.3 Å². The van der Waals surface area contributed by atoms with Crippen LogP contribution in [0.3, 0.4) is 0 Å². The smallest absolute Gasteiger partial charge is 0.251 e. The van der Waals surface area contributed by atoms with Crippen molar-refractivity contribution in [3.05, 3.63) is 83.7 Å². The van der Waals surface area contributed by atoms with Gasteiger partial charge in [0.2, 0.25) is 0 Å². The average molecular weight is 484 g/mol. The van der Waals surface area contributed by atoms with Crippen molar-refractivity contribution >= 4 is 5.91 Å². The molecule has 188 valence electrons. The standard InChI is InChI=1S/C28H35F2N3O2/c1-19(34)27(35)33(14-8-13-31)26(28(2,3)4)25-15-21(23-16-22(29)11-12-24(23)30)18-32(25)17-20-9-6-5-7-10-20/h5-7,9-12,15-16,18-19,26,34H,8,13-14,17,31H2,1-4H3/t19-,26-/m0/s1. The number of nitrogens with two attached hydrogens (primary N) is 1. The molecule has 2 atom stereocenters. The molecule has 35 heavy (non-hydrogen) atoms. The first kappa shape index (κ1) is 26.6. The van der Waals surface area contributed by atoms with Crippen LogP contribution in [0.2, 0.25) is 0 Å². The highest BCUT2D eigenvalue weighted by Crippen LogP contribution is 2.41. The van der Waals surface area contributed by atoms with E-state index in [2.05, 4.69) is 0 Å². The van der Waals surface area contributed by atoms with Crippen molar-refractivity contribution in [1.82, 2.24) is 9.47 Å². The Bertz CT molecular complexity index is 1140. The van der Waals surface area contributed by atoms with Crippen LogP contribution in [0.1, 0.15) is 51.4 Å². The number of aliphatic hydroxyl groups excluding tert-OH is 1. The number of benzene rings is 2. The summed E-state index contributed by atoms with van der Waals surface area (Å²) in [5, 5.41) is 10.2. The fraction of sp³-hybridized carbons (Fsp3) is 0.393. The summed E-state index contributed by atoms with van der Waals surface area (Å²) in [7, 11) is 0. The molecule has 0 aliphatic carbocycles. The lowest BCUT2D eigenvalue weighted by Crippen LogP contribution is -2.46. The third kappa shape index (κ3) is 6.35. The summed E-state index contributed by atoms with van der Waals surface area (Å²) in [5.74, 6) is -1.45. The third-order valence-corrected chi connectivity index (χ3v) is 6.02. The van der Waals surface area contributed by atoms with Gasteiger partial charge < -0.3 is 20.3 Å². The van der Waals surface area contributed by atoms with Crippen LogP contribution in [0.5, 0.6) is 0 Å². The number of carbonyl (C=O) groups excluding carboxylic acids is 1. The van der Waals surface area contributed by atoms with E-state index in [1.54, 1.807) is 11.1 Å². The van der Waals surface area contributed by atoms with Crippen LogP contribution in [-0.4, -0.2) is 39.7 Å². The van der Waals surface area contributed by atoms with E-state index in [9.17, 15) is 18.7 Å². The van der Waals surface area contributed by atoms with Gasteiger partial charge in [-0.2, -0.15) is 0 Å². The summed E-state index contributed by atoms with van der Waals surface area (Å²) < 4.78 is 30.7. The molecule has 5 nitrogen and oxygen atoms in total. The number of amides is 1. The molecule has 0 unspecified atom stereocenters. The maximum Gasteiger partial charge on any atom is 0.251 e. The number of aromatic nitrogens is 1. The molecular weight excluding hydrogens is 448 g/mol. The monoisotopic (exact) mass is 483 g/mol. The Morgan fingerprint density at radius 3 is 2.40 bits per heavy atom. The molecule has 0 fully saturated rings.